The minimum Gasteiger partial charge on any atom is -0.484 e. The van der Waals surface area contributed by atoms with E-state index in [-0.39, 0.29) is 12.5 Å². The predicted molar refractivity (Wildman–Crippen MR) is 66.5 cm³/mol. The van der Waals surface area contributed by atoms with Crippen LogP contribution in [-0.4, -0.2) is 41.6 Å². The summed E-state index contributed by atoms with van der Waals surface area (Å²) < 4.78 is 5.37. The lowest BCUT2D eigenvalue weighted by Gasteiger charge is -2.21. The second-order valence-electron chi connectivity index (χ2n) is 4.07. The highest BCUT2D eigenvalue weighted by Crippen LogP contribution is 2.16. The highest BCUT2D eigenvalue weighted by atomic mass is 16.5. The van der Waals surface area contributed by atoms with Crippen molar-refractivity contribution in [2.75, 3.05) is 13.7 Å². The van der Waals surface area contributed by atoms with Gasteiger partial charge in [0.2, 0.25) is 0 Å². The van der Waals surface area contributed by atoms with Crippen LogP contribution in [0, 0.1) is 6.92 Å². The zero-order valence-corrected chi connectivity index (χ0v) is 10.7. The fraction of sp³-hybridized carbons (Fsp3) is 0.385. The number of hydrogen-bond donors (Lipinski definition) is 1. The number of carboxylic acids is 1. The molecule has 0 aromatic heterocycles. The Bertz CT molecular complexity index is 444. The highest BCUT2D eigenvalue weighted by molar-refractivity contribution is 5.84. The van der Waals surface area contributed by atoms with Crippen LogP contribution in [0.4, 0.5) is 0 Å². The van der Waals surface area contributed by atoms with E-state index in [1.807, 2.05) is 25.1 Å². The molecule has 1 aromatic rings. The van der Waals surface area contributed by atoms with Crippen LogP contribution >= 0.6 is 0 Å². The Labute approximate surface area is 106 Å². The third-order valence-electron chi connectivity index (χ3n) is 2.78. The zero-order valence-electron chi connectivity index (χ0n) is 10.7. The first-order valence-corrected chi connectivity index (χ1v) is 5.60. The Balaban J connectivity index is 2.56. The van der Waals surface area contributed by atoms with Gasteiger partial charge in [-0.05, 0) is 25.5 Å². The molecule has 18 heavy (non-hydrogen) atoms. The lowest BCUT2D eigenvalue weighted by molar-refractivity contribution is -0.148. The Morgan fingerprint density at radius 2 is 2.00 bits per heavy atom. The molecule has 1 atom stereocenters. The molecule has 0 aliphatic heterocycles. The van der Waals surface area contributed by atoms with Gasteiger partial charge in [0.25, 0.3) is 5.91 Å². The molecule has 1 unspecified atom stereocenters. The summed E-state index contributed by atoms with van der Waals surface area (Å²) in [6, 6.07) is 6.48. The van der Waals surface area contributed by atoms with Crippen LogP contribution in [0.2, 0.25) is 0 Å². The molecule has 5 heteroatoms. The van der Waals surface area contributed by atoms with Crippen LogP contribution in [0.25, 0.3) is 0 Å². The number of benzene rings is 1. The first kappa shape index (κ1) is 14.0. The van der Waals surface area contributed by atoms with E-state index in [0.29, 0.717) is 5.75 Å². The Morgan fingerprint density at radius 3 is 2.56 bits per heavy atom. The van der Waals surface area contributed by atoms with Gasteiger partial charge in [-0.3, -0.25) is 4.79 Å². The molecular formula is C13H17NO4. The first-order valence-electron chi connectivity index (χ1n) is 5.60. The lowest BCUT2D eigenvalue weighted by Crippen LogP contribution is -2.42. The average molecular weight is 251 g/mol. The number of aryl methyl sites for hydroxylation is 1. The number of aliphatic carboxylic acids is 1. The lowest BCUT2D eigenvalue weighted by atomic mass is 10.2. The molecule has 98 valence electrons. The summed E-state index contributed by atoms with van der Waals surface area (Å²) in [7, 11) is 1.45. The second-order valence-corrected chi connectivity index (χ2v) is 4.07. The van der Waals surface area contributed by atoms with Gasteiger partial charge in [-0.2, -0.15) is 0 Å². The van der Waals surface area contributed by atoms with E-state index in [9.17, 15) is 9.59 Å². The maximum atomic E-state index is 11.7. The van der Waals surface area contributed by atoms with Gasteiger partial charge >= 0.3 is 5.97 Å². The van der Waals surface area contributed by atoms with Gasteiger partial charge < -0.3 is 14.7 Å². The van der Waals surface area contributed by atoms with Crippen LogP contribution in [0.15, 0.2) is 24.3 Å². The van der Waals surface area contributed by atoms with Gasteiger partial charge in [-0.15, -0.1) is 0 Å². The molecule has 1 N–H and O–H groups in total. The van der Waals surface area contributed by atoms with Crippen molar-refractivity contribution in [2.24, 2.45) is 0 Å². The number of carbonyl (C=O) groups excluding carboxylic acids is 1. The number of amides is 1. The molecule has 0 radical (unpaired) electrons. The van der Waals surface area contributed by atoms with E-state index in [1.54, 1.807) is 6.07 Å². The predicted octanol–water partition coefficient (Wildman–Crippen LogP) is 1.31. The summed E-state index contributed by atoms with van der Waals surface area (Å²) in [4.78, 5) is 23.6. The van der Waals surface area contributed by atoms with E-state index in [1.165, 1.54) is 14.0 Å². The van der Waals surface area contributed by atoms with Crippen molar-refractivity contribution in [1.29, 1.82) is 0 Å². The molecular weight excluding hydrogens is 234 g/mol. The van der Waals surface area contributed by atoms with Crippen molar-refractivity contribution in [1.82, 2.24) is 4.90 Å². The smallest absolute Gasteiger partial charge is 0.326 e. The number of carboxylic acid groups (broad SMARTS) is 1. The van der Waals surface area contributed by atoms with Crippen LogP contribution in [0.1, 0.15) is 12.5 Å². The number of hydrogen-bond acceptors (Lipinski definition) is 3. The third kappa shape index (κ3) is 3.48. The van der Waals surface area contributed by atoms with Crippen molar-refractivity contribution < 1.29 is 19.4 Å². The number of likely N-dealkylation sites (N-methyl/N-ethyl adjacent to an activating group) is 1. The van der Waals surface area contributed by atoms with Crippen LogP contribution in [0.3, 0.4) is 0 Å². The minimum atomic E-state index is -1.04. The Hall–Kier alpha value is -2.04. The van der Waals surface area contributed by atoms with Crippen molar-refractivity contribution >= 4 is 11.9 Å². The van der Waals surface area contributed by atoms with Gasteiger partial charge in [0, 0.05) is 7.05 Å². The highest BCUT2D eigenvalue weighted by Gasteiger charge is 2.21. The van der Waals surface area contributed by atoms with E-state index < -0.39 is 12.0 Å². The molecule has 0 heterocycles. The molecule has 1 aromatic carbocycles. The van der Waals surface area contributed by atoms with Gasteiger partial charge in [0.05, 0.1) is 0 Å². The topological polar surface area (TPSA) is 66.8 Å². The van der Waals surface area contributed by atoms with Crippen LogP contribution in [-0.2, 0) is 9.59 Å². The summed E-state index contributed by atoms with van der Waals surface area (Å²) in [6.45, 7) is 3.16. The number of carbonyl (C=O) groups is 2. The number of ether oxygens (including phenoxy) is 1. The summed E-state index contributed by atoms with van der Waals surface area (Å²) >= 11 is 0. The molecule has 5 nitrogen and oxygen atoms in total. The zero-order chi connectivity index (χ0) is 13.7. The molecule has 0 aliphatic rings. The van der Waals surface area contributed by atoms with E-state index in [2.05, 4.69) is 0 Å². The summed E-state index contributed by atoms with van der Waals surface area (Å²) in [6.07, 6.45) is 0. The van der Waals surface area contributed by atoms with Crippen molar-refractivity contribution in [3.05, 3.63) is 29.8 Å². The molecule has 0 aliphatic carbocycles. The largest absolute Gasteiger partial charge is 0.484 e. The Morgan fingerprint density at radius 1 is 1.39 bits per heavy atom. The van der Waals surface area contributed by atoms with Crippen molar-refractivity contribution in [3.8, 4) is 5.75 Å². The summed E-state index contributed by atoms with van der Waals surface area (Å²) in [5, 5.41) is 8.80. The summed E-state index contributed by atoms with van der Waals surface area (Å²) in [5.41, 5.74) is 0.930. The van der Waals surface area contributed by atoms with Gasteiger partial charge in [-0.25, -0.2) is 4.79 Å². The maximum Gasteiger partial charge on any atom is 0.326 e. The molecule has 0 saturated heterocycles. The monoisotopic (exact) mass is 251 g/mol. The van der Waals surface area contributed by atoms with Crippen molar-refractivity contribution in [2.45, 2.75) is 19.9 Å². The van der Waals surface area contributed by atoms with Crippen LogP contribution < -0.4 is 4.74 Å². The van der Waals surface area contributed by atoms with Gasteiger partial charge in [0.15, 0.2) is 6.61 Å². The van der Waals surface area contributed by atoms with Crippen LogP contribution in [0.5, 0.6) is 5.75 Å². The van der Waals surface area contributed by atoms with E-state index in [0.717, 1.165) is 10.5 Å². The standard InChI is InChI=1S/C13H17NO4/c1-9-6-4-5-7-11(9)18-8-12(15)14(3)10(2)13(16)17/h4-7,10H,8H2,1-3H3,(H,16,17). The Kier molecular flexibility index (Phi) is 4.71. The normalized spacial score (nSPS) is 11.7. The van der Waals surface area contributed by atoms with Gasteiger partial charge in [0.1, 0.15) is 11.8 Å². The number of para-hydroxylation sites is 1. The molecule has 1 rings (SSSR count). The molecule has 0 spiro atoms. The summed E-state index contributed by atoms with van der Waals surface area (Å²) in [5.74, 6) is -0.780. The quantitative estimate of drug-likeness (QED) is 0.856. The third-order valence-corrected chi connectivity index (χ3v) is 2.78. The second kappa shape index (κ2) is 6.05. The fourth-order valence-electron chi connectivity index (χ4n) is 1.34. The maximum absolute atomic E-state index is 11.7. The van der Waals surface area contributed by atoms with E-state index >= 15 is 0 Å². The SMILES string of the molecule is Cc1ccccc1OCC(=O)N(C)C(C)C(=O)O. The van der Waals surface area contributed by atoms with Crippen molar-refractivity contribution in [3.63, 3.8) is 0 Å². The van der Waals surface area contributed by atoms with Gasteiger partial charge in [-0.1, -0.05) is 18.2 Å². The molecule has 0 bridgehead atoms. The van der Waals surface area contributed by atoms with E-state index in [4.69, 9.17) is 9.84 Å². The first-order chi connectivity index (χ1) is 8.43. The number of rotatable bonds is 5. The average Bonchev–Trinajstić information content (AvgIpc) is 2.35. The minimum absolute atomic E-state index is 0.168. The molecule has 0 fully saturated rings. The fourth-order valence-corrected chi connectivity index (χ4v) is 1.34. The molecule has 0 saturated carbocycles. The molecule has 1 amide bonds. The number of nitrogens with zero attached hydrogens (tertiary/aromatic N) is 1.